The standard InChI is InChI=1S/C13H12Cl2N2O2S/c1-7-8(6-20-17-7)13(19)16-5-11(18)12-9(14)3-2-4-10(12)15/h2-4,6,11,18H,5H2,1H3,(H,16,19). The maximum absolute atomic E-state index is 11.9. The summed E-state index contributed by atoms with van der Waals surface area (Å²) >= 11 is 13.2. The Morgan fingerprint density at radius 2 is 2.10 bits per heavy atom. The predicted molar refractivity (Wildman–Crippen MR) is 80.6 cm³/mol. The van der Waals surface area contributed by atoms with Gasteiger partial charge >= 0.3 is 0 Å². The summed E-state index contributed by atoms with van der Waals surface area (Å²) in [4.78, 5) is 11.9. The molecule has 2 aromatic rings. The zero-order valence-corrected chi connectivity index (χ0v) is 12.9. The number of benzene rings is 1. The van der Waals surface area contributed by atoms with Crippen molar-refractivity contribution >= 4 is 40.6 Å². The highest BCUT2D eigenvalue weighted by Gasteiger charge is 2.17. The van der Waals surface area contributed by atoms with Gasteiger partial charge in [0, 0.05) is 27.5 Å². The van der Waals surface area contributed by atoms with Gasteiger partial charge in [-0.2, -0.15) is 4.37 Å². The summed E-state index contributed by atoms with van der Waals surface area (Å²) in [5, 5.41) is 15.1. The number of aryl methyl sites for hydroxylation is 1. The number of hydrogen-bond donors (Lipinski definition) is 2. The van der Waals surface area contributed by atoms with Crippen LogP contribution in [0.3, 0.4) is 0 Å². The third-order valence-corrected chi connectivity index (χ3v) is 4.16. The van der Waals surface area contributed by atoms with Crippen molar-refractivity contribution in [2.24, 2.45) is 0 Å². The van der Waals surface area contributed by atoms with Gasteiger partial charge in [-0.3, -0.25) is 4.79 Å². The molecule has 4 nitrogen and oxygen atoms in total. The number of amides is 1. The number of hydrogen-bond acceptors (Lipinski definition) is 4. The normalized spacial score (nSPS) is 12.2. The van der Waals surface area contributed by atoms with Gasteiger partial charge in [0.2, 0.25) is 0 Å². The minimum absolute atomic E-state index is 0.0254. The fraction of sp³-hybridized carbons (Fsp3) is 0.231. The lowest BCUT2D eigenvalue weighted by atomic mass is 10.1. The largest absolute Gasteiger partial charge is 0.386 e. The monoisotopic (exact) mass is 330 g/mol. The molecule has 7 heteroatoms. The lowest BCUT2D eigenvalue weighted by Crippen LogP contribution is -2.28. The van der Waals surface area contributed by atoms with E-state index in [4.69, 9.17) is 23.2 Å². The van der Waals surface area contributed by atoms with Gasteiger partial charge in [-0.15, -0.1) is 0 Å². The first-order valence-corrected chi connectivity index (χ1v) is 7.41. The van der Waals surface area contributed by atoms with E-state index in [-0.39, 0.29) is 12.5 Å². The van der Waals surface area contributed by atoms with Crippen LogP contribution in [0.5, 0.6) is 0 Å². The Balaban J connectivity index is 2.04. The fourth-order valence-electron chi connectivity index (χ4n) is 1.73. The summed E-state index contributed by atoms with van der Waals surface area (Å²) < 4.78 is 4.03. The summed E-state index contributed by atoms with van der Waals surface area (Å²) in [6, 6.07) is 4.97. The zero-order valence-electron chi connectivity index (χ0n) is 10.6. The van der Waals surface area contributed by atoms with Gasteiger partial charge in [-0.25, -0.2) is 0 Å². The third kappa shape index (κ3) is 3.30. The van der Waals surface area contributed by atoms with E-state index in [9.17, 15) is 9.90 Å². The molecule has 0 aliphatic carbocycles. The quantitative estimate of drug-likeness (QED) is 0.904. The van der Waals surface area contributed by atoms with E-state index in [1.54, 1.807) is 30.5 Å². The van der Waals surface area contributed by atoms with Gasteiger partial charge in [-0.05, 0) is 30.6 Å². The van der Waals surface area contributed by atoms with Crippen molar-refractivity contribution in [1.29, 1.82) is 0 Å². The van der Waals surface area contributed by atoms with Crippen molar-refractivity contribution in [3.8, 4) is 0 Å². The van der Waals surface area contributed by atoms with Crippen molar-refractivity contribution < 1.29 is 9.90 Å². The van der Waals surface area contributed by atoms with E-state index in [0.29, 0.717) is 26.9 Å². The van der Waals surface area contributed by atoms with E-state index in [1.165, 1.54) is 11.5 Å². The first-order valence-electron chi connectivity index (χ1n) is 5.82. The lowest BCUT2D eigenvalue weighted by Gasteiger charge is -2.15. The van der Waals surface area contributed by atoms with Crippen molar-refractivity contribution in [2.45, 2.75) is 13.0 Å². The zero-order chi connectivity index (χ0) is 14.7. The SMILES string of the molecule is Cc1nscc1C(=O)NCC(O)c1c(Cl)cccc1Cl. The highest BCUT2D eigenvalue weighted by Crippen LogP contribution is 2.29. The molecule has 1 aromatic carbocycles. The molecule has 1 unspecified atom stereocenters. The minimum atomic E-state index is -0.966. The van der Waals surface area contributed by atoms with E-state index in [1.807, 2.05) is 0 Å². The molecule has 0 bridgehead atoms. The first kappa shape index (κ1) is 15.3. The maximum atomic E-state index is 11.9. The topological polar surface area (TPSA) is 62.2 Å². The molecule has 1 amide bonds. The maximum Gasteiger partial charge on any atom is 0.254 e. The molecule has 2 N–H and O–H groups in total. The second kappa shape index (κ2) is 6.54. The Morgan fingerprint density at radius 3 is 2.65 bits per heavy atom. The summed E-state index contributed by atoms with van der Waals surface area (Å²) in [6.07, 6.45) is -0.966. The van der Waals surface area contributed by atoms with Crippen molar-refractivity contribution in [3.63, 3.8) is 0 Å². The van der Waals surface area contributed by atoms with Crippen LogP contribution < -0.4 is 5.32 Å². The van der Waals surface area contributed by atoms with Crippen LogP contribution in [0, 0.1) is 6.92 Å². The molecule has 1 atom stereocenters. The van der Waals surface area contributed by atoms with Gasteiger partial charge in [0.05, 0.1) is 17.4 Å². The Hall–Kier alpha value is -1.14. The lowest BCUT2D eigenvalue weighted by molar-refractivity contribution is 0.0916. The van der Waals surface area contributed by atoms with E-state index in [2.05, 4.69) is 9.69 Å². The van der Waals surface area contributed by atoms with Gasteiger partial charge in [0.15, 0.2) is 0 Å². The minimum Gasteiger partial charge on any atom is -0.386 e. The molecular formula is C13H12Cl2N2O2S. The number of aliphatic hydroxyl groups is 1. The molecular weight excluding hydrogens is 319 g/mol. The third-order valence-electron chi connectivity index (χ3n) is 2.78. The highest BCUT2D eigenvalue weighted by atomic mass is 35.5. The Labute approximate surface area is 130 Å². The molecule has 2 rings (SSSR count). The predicted octanol–water partition coefficient (Wildman–Crippen LogP) is 3.22. The Bertz CT molecular complexity index is 610. The number of aliphatic hydroxyl groups excluding tert-OH is 1. The summed E-state index contributed by atoms with van der Waals surface area (Å²) in [7, 11) is 0. The summed E-state index contributed by atoms with van der Waals surface area (Å²) in [5.74, 6) is -0.279. The number of rotatable bonds is 4. The second-order valence-electron chi connectivity index (χ2n) is 4.17. The molecule has 0 fully saturated rings. The van der Waals surface area contributed by atoms with Crippen LogP contribution in [-0.2, 0) is 0 Å². The number of carbonyl (C=O) groups is 1. The number of carbonyl (C=O) groups excluding carboxylic acids is 1. The molecule has 0 saturated carbocycles. The van der Waals surface area contributed by atoms with Crippen LogP contribution in [0.4, 0.5) is 0 Å². The molecule has 20 heavy (non-hydrogen) atoms. The number of aromatic nitrogens is 1. The van der Waals surface area contributed by atoms with Crippen molar-refractivity contribution in [3.05, 3.63) is 50.4 Å². The molecule has 106 valence electrons. The fourth-order valence-corrected chi connectivity index (χ4v) is 3.07. The summed E-state index contributed by atoms with van der Waals surface area (Å²) in [6.45, 7) is 1.78. The molecule has 0 aliphatic rings. The molecule has 0 radical (unpaired) electrons. The van der Waals surface area contributed by atoms with Crippen LogP contribution in [-0.4, -0.2) is 21.9 Å². The highest BCUT2D eigenvalue weighted by molar-refractivity contribution is 7.03. The van der Waals surface area contributed by atoms with Crippen LogP contribution in [0.15, 0.2) is 23.6 Å². The van der Waals surface area contributed by atoms with Crippen LogP contribution in [0.2, 0.25) is 10.0 Å². The molecule has 1 heterocycles. The van der Waals surface area contributed by atoms with Crippen molar-refractivity contribution in [2.75, 3.05) is 6.54 Å². The summed E-state index contributed by atoms with van der Waals surface area (Å²) in [5.41, 5.74) is 1.58. The van der Waals surface area contributed by atoms with Gasteiger partial charge in [0.25, 0.3) is 5.91 Å². The first-order chi connectivity index (χ1) is 9.50. The van der Waals surface area contributed by atoms with E-state index < -0.39 is 6.10 Å². The molecule has 0 saturated heterocycles. The average Bonchev–Trinajstić information content (AvgIpc) is 2.82. The smallest absolute Gasteiger partial charge is 0.254 e. The number of halogens is 2. The van der Waals surface area contributed by atoms with Gasteiger partial charge in [0.1, 0.15) is 0 Å². The van der Waals surface area contributed by atoms with Crippen LogP contribution in [0.25, 0.3) is 0 Å². The van der Waals surface area contributed by atoms with E-state index in [0.717, 1.165) is 0 Å². The Morgan fingerprint density at radius 1 is 1.45 bits per heavy atom. The number of nitrogens with one attached hydrogen (secondary N) is 1. The van der Waals surface area contributed by atoms with Crippen LogP contribution in [0.1, 0.15) is 27.7 Å². The molecule has 0 aliphatic heterocycles. The van der Waals surface area contributed by atoms with Gasteiger partial charge in [-0.1, -0.05) is 29.3 Å². The molecule has 0 spiro atoms. The van der Waals surface area contributed by atoms with E-state index >= 15 is 0 Å². The van der Waals surface area contributed by atoms with Gasteiger partial charge < -0.3 is 10.4 Å². The molecule has 1 aromatic heterocycles. The Kier molecular flexibility index (Phi) is 4.99. The number of nitrogens with zero attached hydrogens (tertiary/aromatic N) is 1. The average molecular weight is 331 g/mol. The van der Waals surface area contributed by atoms with Crippen LogP contribution >= 0.6 is 34.7 Å². The van der Waals surface area contributed by atoms with Crippen molar-refractivity contribution in [1.82, 2.24) is 9.69 Å². The second-order valence-corrected chi connectivity index (χ2v) is 5.62.